The van der Waals surface area contributed by atoms with E-state index in [9.17, 15) is 0 Å². The van der Waals surface area contributed by atoms with E-state index < -0.39 is 0 Å². The van der Waals surface area contributed by atoms with Gasteiger partial charge in [-0.15, -0.1) is 4.85 Å². The number of rotatable bonds is 1. The summed E-state index contributed by atoms with van der Waals surface area (Å²) in [6.45, 7) is 0. The van der Waals surface area contributed by atoms with Gasteiger partial charge in [-0.2, -0.15) is 0 Å². The lowest BCUT2D eigenvalue weighted by atomic mass is 10.7. The molecule has 0 bridgehead atoms. The molecule has 4 heteroatoms. The zero-order valence-corrected chi connectivity index (χ0v) is 5.56. The van der Waals surface area contributed by atoms with E-state index in [4.69, 9.17) is 4.84 Å². The van der Waals surface area contributed by atoms with Crippen LogP contribution in [-0.4, -0.2) is 21.5 Å². The summed E-state index contributed by atoms with van der Waals surface area (Å²) in [5.41, 5.74) is 0.891. The van der Waals surface area contributed by atoms with E-state index in [2.05, 4.69) is 4.98 Å². The first-order valence-corrected chi connectivity index (χ1v) is 2.97. The van der Waals surface area contributed by atoms with Crippen molar-refractivity contribution in [2.75, 3.05) is 7.11 Å². The fourth-order valence-corrected chi connectivity index (χ4v) is 0.946. The Morgan fingerprint density at radius 1 is 1.50 bits per heavy atom. The van der Waals surface area contributed by atoms with Crippen molar-refractivity contribution in [2.45, 2.75) is 0 Å². The van der Waals surface area contributed by atoms with E-state index in [0.717, 1.165) is 5.65 Å². The summed E-state index contributed by atoms with van der Waals surface area (Å²) in [4.78, 5) is 10.6. The van der Waals surface area contributed by atoms with Gasteiger partial charge >= 0.3 is 0 Å². The predicted octanol–water partition coefficient (Wildman–Crippen LogP) is 0.194. The van der Waals surface area contributed by atoms with E-state index in [1.165, 1.54) is 0 Å². The van der Waals surface area contributed by atoms with Crippen LogP contribution in [0, 0.1) is 0 Å². The largest absolute Gasteiger partial charge is 0.401 e. The molecule has 0 radical (unpaired) electrons. The summed E-state index contributed by atoms with van der Waals surface area (Å²) >= 11 is 0. The Morgan fingerprint density at radius 3 is 3.20 bits per heavy atom. The van der Waals surface area contributed by atoms with Crippen molar-refractivity contribution >= 4 is 5.65 Å². The van der Waals surface area contributed by atoms with E-state index in [1.54, 1.807) is 22.7 Å². The second kappa shape index (κ2) is 1.76. The van der Waals surface area contributed by atoms with Crippen LogP contribution in [-0.2, 0) is 0 Å². The van der Waals surface area contributed by atoms with E-state index in [-0.39, 0.29) is 0 Å². The van der Waals surface area contributed by atoms with Crippen LogP contribution in [0.4, 0.5) is 0 Å². The first-order chi connectivity index (χ1) is 4.92. The number of nitrogens with zero attached hydrogens (tertiary/aromatic N) is 3. The van der Waals surface area contributed by atoms with Crippen LogP contribution in [0.15, 0.2) is 24.7 Å². The predicted molar refractivity (Wildman–Crippen MR) is 35.7 cm³/mol. The highest BCUT2D eigenvalue weighted by atomic mass is 16.7. The molecule has 0 atom stereocenters. The van der Waals surface area contributed by atoms with Gasteiger partial charge in [-0.1, -0.05) is 0 Å². The van der Waals surface area contributed by atoms with Crippen LogP contribution >= 0.6 is 0 Å². The fraction of sp³-hybridized carbons (Fsp3) is 0.167. The third-order valence-corrected chi connectivity index (χ3v) is 1.40. The summed E-state index contributed by atoms with van der Waals surface area (Å²) in [6.07, 6.45) is 5.37. The quantitative estimate of drug-likeness (QED) is 0.562. The van der Waals surface area contributed by atoms with Crippen LogP contribution in [0.5, 0.6) is 0 Å². The van der Waals surface area contributed by atoms with Gasteiger partial charge in [-0.25, -0.2) is 9.50 Å². The number of fused-ring (bicyclic) bond motifs is 1. The third-order valence-electron chi connectivity index (χ3n) is 1.40. The molecule has 2 aromatic heterocycles. The summed E-state index contributed by atoms with van der Waals surface area (Å²) < 4.78 is 1.81. The summed E-state index contributed by atoms with van der Waals surface area (Å²) in [6, 6.07) is 1.88. The Balaban J connectivity index is 2.76. The monoisotopic (exact) mass is 137 g/mol. The SMILES string of the molecule is COn1ccc2nccn21. The first-order valence-electron chi connectivity index (χ1n) is 2.97. The minimum Gasteiger partial charge on any atom is -0.401 e. The van der Waals surface area contributed by atoms with Crippen molar-refractivity contribution in [1.29, 1.82) is 0 Å². The number of hydrogen-bond donors (Lipinski definition) is 0. The smallest absolute Gasteiger partial charge is 0.156 e. The molecule has 0 spiro atoms. The lowest BCUT2D eigenvalue weighted by Gasteiger charge is -1.98. The molecule has 0 aliphatic heterocycles. The Hall–Kier alpha value is -1.45. The molecule has 2 aromatic rings. The zero-order chi connectivity index (χ0) is 6.97. The van der Waals surface area contributed by atoms with Crippen LogP contribution in [0.1, 0.15) is 0 Å². The molecular weight excluding hydrogens is 130 g/mol. The van der Waals surface area contributed by atoms with Gasteiger partial charge in [0.1, 0.15) is 7.11 Å². The molecule has 4 nitrogen and oxygen atoms in total. The molecule has 0 N–H and O–H groups in total. The van der Waals surface area contributed by atoms with Gasteiger partial charge < -0.3 is 4.84 Å². The Kier molecular flexibility index (Phi) is 0.943. The minimum atomic E-state index is 0.891. The van der Waals surface area contributed by atoms with E-state index in [1.807, 2.05) is 18.5 Å². The van der Waals surface area contributed by atoms with Crippen molar-refractivity contribution in [3.05, 3.63) is 24.7 Å². The second-order valence-electron chi connectivity index (χ2n) is 1.93. The molecule has 0 saturated carbocycles. The van der Waals surface area contributed by atoms with Crippen LogP contribution in [0.25, 0.3) is 5.65 Å². The highest BCUT2D eigenvalue weighted by Gasteiger charge is 1.96. The van der Waals surface area contributed by atoms with Gasteiger partial charge in [-0.3, -0.25) is 0 Å². The average molecular weight is 137 g/mol. The molecule has 0 aliphatic carbocycles. The van der Waals surface area contributed by atoms with Gasteiger partial charge in [0.25, 0.3) is 0 Å². The molecule has 0 aromatic carbocycles. The summed E-state index contributed by atoms with van der Waals surface area (Å²) in [5, 5.41) is 0. The van der Waals surface area contributed by atoms with Gasteiger partial charge in [0, 0.05) is 12.3 Å². The molecule has 10 heavy (non-hydrogen) atoms. The average Bonchev–Trinajstić information content (AvgIpc) is 2.44. The molecule has 0 fully saturated rings. The molecule has 52 valence electrons. The van der Waals surface area contributed by atoms with Crippen molar-refractivity contribution in [2.24, 2.45) is 0 Å². The highest BCUT2D eigenvalue weighted by molar-refractivity contribution is 5.35. The maximum Gasteiger partial charge on any atom is 0.156 e. The fourth-order valence-electron chi connectivity index (χ4n) is 0.946. The highest BCUT2D eigenvalue weighted by Crippen LogP contribution is 1.98. The minimum absolute atomic E-state index is 0.891. The van der Waals surface area contributed by atoms with Gasteiger partial charge in [0.05, 0.1) is 12.4 Å². The topological polar surface area (TPSA) is 31.5 Å². The molecular formula is C6H7N3O. The number of imidazole rings is 1. The lowest BCUT2D eigenvalue weighted by Crippen LogP contribution is -2.09. The molecule has 0 amide bonds. The van der Waals surface area contributed by atoms with Crippen LogP contribution in [0.2, 0.25) is 0 Å². The van der Waals surface area contributed by atoms with Crippen molar-refractivity contribution in [3.8, 4) is 0 Å². The molecule has 0 aliphatic rings. The summed E-state index contributed by atoms with van der Waals surface area (Å²) in [5.74, 6) is 0. The standard InChI is InChI=1S/C6H7N3O/c1-10-9-4-2-6-7-3-5-8(6)9/h2-5H,1H3. The number of hydrogen-bond acceptors (Lipinski definition) is 2. The van der Waals surface area contributed by atoms with Gasteiger partial charge in [0.2, 0.25) is 0 Å². The molecule has 2 rings (SSSR count). The normalized spacial score (nSPS) is 10.5. The third kappa shape index (κ3) is 0.528. The van der Waals surface area contributed by atoms with E-state index in [0.29, 0.717) is 0 Å². The van der Waals surface area contributed by atoms with Crippen molar-refractivity contribution in [3.63, 3.8) is 0 Å². The second-order valence-corrected chi connectivity index (χ2v) is 1.93. The Bertz CT molecular complexity index is 335. The van der Waals surface area contributed by atoms with Gasteiger partial charge in [-0.05, 0) is 0 Å². The number of aromatic nitrogens is 3. The molecule has 0 unspecified atom stereocenters. The first kappa shape index (κ1) is 5.34. The molecule has 0 saturated heterocycles. The van der Waals surface area contributed by atoms with Crippen LogP contribution in [0.3, 0.4) is 0 Å². The summed E-state index contributed by atoms with van der Waals surface area (Å²) in [7, 11) is 1.61. The lowest BCUT2D eigenvalue weighted by molar-refractivity contribution is 0.124. The van der Waals surface area contributed by atoms with E-state index >= 15 is 0 Å². The Labute approximate surface area is 57.6 Å². The van der Waals surface area contributed by atoms with Crippen LogP contribution < -0.4 is 4.84 Å². The van der Waals surface area contributed by atoms with Crippen molar-refractivity contribution in [1.82, 2.24) is 14.3 Å². The maximum atomic E-state index is 4.97. The zero-order valence-electron chi connectivity index (χ0n) is 5.56. The van der Waals surface area contributed by atoms with Crippen molar-refractivity contribution < 1.29 is 4.84 Å². The maximum absolute atomic E-state index is 4.97. The van der Waals surface area contributed by atoms with Gasteiger partial charge in [0.15, 0.2) is 5.65 Å². The molecule has 2 heterocycles. The Morgan fingerprint density at radius 2 is 2.40 bits per heavy atom.